The van der Waals surface area contributed by atoms with Gasteiger partial charge in [0.05, 0.1) is 11.5 Å². The molecule has 2 rings (SSSR count). The lowest BCUT2D eigenvalue weighted by Crippen LogP contribution is -2.41. The number of hydrogen-bond donors (Lipinski definition) is 0. The van der Waals surface area contributed by atoms with Crippen molar-refractivity contribution in [1.29, 1.82) is 0 Å². The first kappa shape index (κ1) is 15.0. The average molecular weight is 295 g/mol. The first-order chi connectivity index (χ1) is 9.35. The molecule has 1 aromatic carbocycles. The maximum Gasteiger partial charge on any atom is 0.254 e. The predicted octanol–water partition coefficient (Wildman–Crippen LogP) is 1.95. The molecule has 1 atom stereocenters. The number of aryl methyl sites for hydroxylation is 1. The Morgan fingerprint density at radius 2 is 2.05 bits per heavy atom. The van der Waals surface area contributed by atoms with E-state index in [9.17, 15) is 13.2 Å². The number of benzene rings is 1. The summed E-state index contributed by atoms with van der Waals surface area (Å²) in [6.07, 6.45) is 0.548. The lowest BCUT2D eigenvalue weighted by molar-refractivity contribution is 0.0707. The molecule has 1 aromatic rings. The summed E-state index contributed by atoms with van der Waals surface area (Å²) in [6, 6.07) is 5.48. The van der Waals surface area contributed by atoms with E-state index in [4.69, 9.17) is 0 Å². The predicted molar refractivity (Wildman–Crippen MR) is 79.7 cm³/mol. The summed E-state index contributed by atoms with van der Waals surface area (Å²) in [5, 5.41) is 0. The van der Waals surface area contributed by atoms with E-state index in [2.05, 4.69) is 0 Å². The smallest absolute Gasteiger partial charge is 0.254 e. The first-order valence-electron chi connectivity index (χ1n) is 6.93. The molecule has 1 fully saturated rings. The summed E-state index contributed by atoms with van der Waals surface area (Å²) >= 11 is 0. The number of rotatable bonds is 3. The summed E-state index contributed by atoms with van der Waals surface area (Å²) in [4.78, 5) is 14.4. The fourth-order valence-electron chi connectivity index (χ4n) is 2.73. The van der Waals surface area contributed by atoms with Crippen LogP contribution in [0.3, 0.4) is 0 Å². The van der Waals surface area contributed by atoms with Gasteiger partial charge in [-0.3, -0.25) is 4.79 Å². The van der Waals surface area contributed by atoms with Crippen LogP contribution in [0.1, 0.15) is 34.8 Å². The van der Waals surface area contributed by atoms with Crippen LogP contribution >= 0.6 is 0 Å². The Balaban J connectivity index is 2.28. The minimum atomic E-state index is -2.98. The molecule has 1 saturated heterocycles. The molecule has 5 heteroatoms. The van der Waals surface area contributed by atoms with Crippen molar-refractivity contribution in [3.05, 3.63) is 34.9 Å². The van der Waals surface area contributed by atoms with Gasteiger partial charge < -0.3 is 4.90 Å². The molecule has 0 radical (unpaired) electrons. The van der Waals surface area contributed by atoms with Crippen LogP contribution in [0.15, 0.2) is 18.2 Å². The van der Waals surface area contributed by atoms with Crippen molar-refractivity contribution >= 4 is 15.7 Å². The third-order valence-electron chi connectivity index (χ3n) is 4.09. The third-order valence-corrected chi connectivity index (χ3v) is 5.84. The van der Waals surface area contributed by atoms with Gasteiger partial charge in [0.1, 0.15) is 0 Å². The second-order valence-electron chi connectivity index (χ2n) is 5.40. The van der Waals surface area contributed by atoms with E-state index in [1.807, 2.05) is 39.0 Å². The van der Waals surface area contributed by atoms with Crippen molar-refractivity contribution in [2.45, 2.75) is 33.2 Å². The van der Waals surface area contributed by atoms with Crippen LogP contribution in [-0.2, 0) is 9.84 Å². The Kier molecular flexibility index (Phi) is 4.18. The van der Waals surface area contributed by atoms with E-state index in [-0.39, 0.29) is 23.5 Å². The molecule has 110 valence electrons. The van der Waals surface area contributed by atoms with Crippen LogP contribution in [0.2, 0.25) is 0 Å². The molecule has 1 unspecified atom stereocenters. The van der Waals surface area contributed by atoms with Gasteiger partial charge in [-0.15, -0.1) is 0 Å². The number of nitrogens with zero attached hydrogens (tertiary/aromatic N) is 1. The monoisotopic (exact) mass is 295 g/mol. The lowest BCUT2D eigenvalue weighted by atomic mass is 10.0. The Labute approximate surface area is 120 Å². The molecular formula is C15H21NO3S. The SMILES string of the molecule is CCN(C(=O)c1cccc(C)c1C)C1CCS(=O)(=O)C1. The molecule has 1 aliphatic heterocycles. The fourth-order valence-corrected chi connectivity index (χ4v) is 4.46. The molecule has 20 heavy (non-hydrogen) atoms. The zero-order valence-corrected chi connectivity index (χ0v) is 13.0. The van der Waals surface area contributed by atoms with Gasteiger partial charge in [-0.1, -0.05) is 12.1 Å². The van der Waals surface area contributed by atoms with Crippen molar-refractivity contribution < 1.29 is 13.2 Å². The Morgan fingerprint density at radius 1 is 1.35 bits per heavy atom. The maximum absolute atomic E-state index is 12.7. The van der Waals surface area contributed by atoms with Crippen molar-refractivity contribution in [2.24, 2.45) is 0 Å². The number of sulfone groups is 1. The van der Waals surface area contributed by atoms with E-state index in [1.165, 1.54) is 0 Å². The van der Waals surface area contributed by atoms with Crippen LogP contribution in [0.25, 0.3) is 0 Å². The highest BCUT2D eigenvalue weighted by Gasteiger charge is 2.34. The molecule has 0 spiro atoms. The fraction of sp³-hybridized carbons (Fsp3) is 0.533. The minimum Gasteiger partial charge on any atom is -0.335 e. The van der Waals surface area contributed by atoms with Gasteiger partial charge in [0.25, 0.3) is 5.91 Å². The van der Waals surface area contributed by atoms with E-state index >= 15 is 0 Å². The van der Waals surface area contributed by atoms with E-state index in [1.54, 1.807) is 4.90 Å². The van der Waals surface area contributed by atoms with Crippen LogP contribution in [0, 0.1) is 13.8 Å². The molecule has 1 heterocycles. The van der Waals surface area contributed by atoms with Crippen LogP contribution < -0.4 is 0 Å². The quantitative estimate of drug-likeness (QED) is 0.856. The molecule has 0 saturated carbocycles. The molecule has 0 N–H and O–H groups in total. The maximum atomic E-state index is 12.7. The highest BCUT2D eigenvalue weighted by atomic mass is 32.2. The van der Waals surface area contributed by atoms with Gasteiger partial charge in [0.2, 0.25) is 0 Å². The highest BCUT2D eigenvalue weighted by molar-refractivity contribution is 7.91. The van der Waals surface area contributed by atoms with Crippen LogP contribution in [0.5, 0.6) is 0 Å². The second-order valence-corrected chi connectivity index (χ2v) is 7.62. The Morgan fingerprint density at radius 3 is 2.60 bits per heavy atom. The van der Waals surface area contributed by atoms with Gasteiger partial charge in [-0.25, -0.2) is 8.42 Å². The summed E-state index contributed by atoms with van der Waals surface area (Å²) in [6.45, 7) is 6.34. The highest BCUT2D eigenvalue weighted by Crippen LogP contribution is 2.22. The van der Waals surface area contributed by atoms with Crippen molar-refractivity contribution in [3.8, 4) is 0 Å². The van der Waals surface area contributed by atoms with Crippen LogP contribution in [-0.4, -0.2) is 43.3 Å². The van der Waals surface area contributed by atoms with Gasteiger partial charge in [0.15, 0.2) is 9.84 Å². The molecule has 4 nitrogen and oxygen atoms in total. The number of hydrogen-bond acceptors (Lipinski definition) is 3. The lowest BCUT2D eigenvalue weighted by Gasteiger charge is -2.27. The van der Waals surface area contributed by atoms with Gasteiger partial charge in [-0.05, 0) is 44.4 Å². The molecule has 1 amide bonds. The Hall–Kier alpha value is -1.36. The van der Waals surface area contributed by atoms with E-state index < -0.39 is 9.84 Å². The molecule has 0 aliphatic carbocycles. The number of carbonyl (C=O) groups is 1. The van der Waals surface area contributed by atoms with E-state index in [0.717, 1.165) is 11.1 Å². The van der Waals surface area contributed by atoms with Crippen LogP contribution in [0.4, 0.5) is 0 Å². The van der Waals surface area contributed by atoms with Gasteiger partial charge >= 0.3 is 0 Å². The normalized spacial score (nSPS) is 20.9. The topological polar surface area (TPSA) is 54.5 Å². The van der Waals surface area contributed by atoms with Crippen molar-refractivity contribution in [2.75, 3.05) is 18.1 Å². The summed E-state index contributed by atoms with van der Waals surface area (Å²) in [7, 11) is -2.98. The second kappa shape index (κ2) is 5.56. The minimum absolute atomic E-state index is 0.0594. The average Bonchev–Trinajstić information content (AvgIpc) is 2.74. The summed E-state index contributed by atoms with van der Waals surface area (Å²) in [5.74, 6) is 0.224. The summed E-state index contributed by atoms with van der Waals surface area (Å²) in [5.41, 5.74) is 2.72. The number of amides is 1. The Bertz CT molecular complexity index is 622. The first-order valence-corrected chi connectivity index (χ1v) is 8.75. The zero-order chi connectivity index (χ0) is 14.9. The standard InChI is InChI=1S/C15H21NO3S/c1-4-16(13-8-9-20(18,19)10-13)15(17)14-7-5-6-11(2)12(14)3/h5-7,13H,4,8-10H2,1-3H3. The van der Waals surface area contributed by atoms with Crippen molar-refractivity contribution in [1.82, 2.24) is 4.90 Å². The largest absolute Gasteiger partial charge is 0.335 e. The zero-order valence-electron chi connectivity index (χ0n) is 12.2. The number of carbonyl (C=O) groups excluding carboxylic acids is 1. The molecule has 1 aliphatic rings. The van der Waals surface area contributed by atoms with Crippen molar-refractivity contribution in [3.63, 3.8) is 0 Å². The van der Waals surface area contributed by atoms with Gasteiger partial charge in [-0.2, -0.15) is 0 Å². The molecular weight excluding hydrogens is 274 g/mol. The third kappa shape index (κ3) is 2.87. The van der Waals surface area contributed by atoms with Gasteiger partial charge in [0, 0.05) is 18.2 Å². The summed E-state index contributed by atoms with van der Waals surface area (Å²) < 4.78 is 23.2. The van der Waals surface area contributed by atoms with E-state index in [0.29, 0.717) is 18.5 Å². The molecule has 0 aromatic heterocycles. The molecule has 0 bridgehead atoms.